The van der Waals surface area contributed by atoms with Crippen molar-refractivity contribution in [3.8, 4) is 0 Å². The van der Waals surface area contributed by atoms with Gasteiger partial charge in [0.15, 0.2) is 9.84 Å². The number of carbonyl (C=O) groups excluding carboxylic acids is 1. The summed E-state index contributed by atoms with van der Waals surface area (Å²) in [5.74, 6) is 0.264. The van der Waals surface area contributed by atoms with Crippen LogP contribution in [0.25, 0.3) is 0 Å². The topological polar surface area (TPSA) is 63.2 Å². The fourth-order valence-electron chi connectivity index (χ4n) is 2.39. The summed E-state index contributed by atoms with van der Waals surface area (Å²) in [6.45, 7) is 0.621. The van der Waals surface area contributed by atoms with E-state index >= 15 is 0 Å². The van der Waals surface area contributed by atoms with E-state index in [1.807, 2.05) is 0 Å². The smallest absolute Gasteiger partial charge is 0.251 e. The highest BCUT2D eigenvalue weighted by Crippen LogP contribution is 2.28. The molecule has 6 heteroatoms. The number of hydrogen-bond donors (Lipinski definition) is 1. The van der Waals surface area contributed by atoms with Crippen molar-refractivity contribution in [3.05, 3.63) is 29.8 Å². The van der Waals surface area contributed by atoms with Gasteiger partial charge in [-0.25, -0.2) is 8.42 Å². The fraction of sp³-hybridized carbons (Fsp3) is 0.500. The molecule has 1 fully saturated rings. The van der Waals surface area contributed by atoms with Crippen LogP contribution in [0.15, 0.2) is 29.2 Å². The summed E-state index contributed by atoms with van der Waals surface area (Å²) in [6, 6.07) is 5.97. The lowest BCUT2D eigenvalue weighted by atomic mass is 10.1. The average molecular weight is 316 g/mol. The summed E-state index contributed by atoms with van der Waals surface area (Å²) in [5.41, 5.74) is 0.470. The lowest BCUT2D eigenvalue weighted by Gasteiger charge is -2.11. The second-order valence-corrected chi connectivity index (χ2v) is 7.92. The first-order valence-corrected chi connectivity index (χ1v) is 8.91. The van der Waals surface area contributed by atoms with E-state index in [1.165, 1.54) is 24.3 Å². The van der Waals surface area contributed by atoms with E-state index < -0.39 is 9.84 Å². The number of rotatable bonds is 4. The summed E-state index contributed by atoms with van der Waals surface area (Å²) >= 11 is 6.03. The molecule has 20 heavy (non-hydrogen) atoms. The Morgan fingerprint density at radius 1 is 1.30 bits per heavy atom. The summed E-state index contributed by atoms with van der Waals surface area (Å²) in [6.07, 6.45) is 4.13. The molecule has 2 rings (SSSR count). The summed E-state index contributed by atoms with van der Waals surface area (Å²) in [4.78, 5) is 12.2. The van der Waals surface area contributed by atoms with E-state index in [1.54, 1.807) is 0 Å². The Kier molecular flexibility index (Phi) is 4.70. The van der Waals surface area contributed by atoms with Gasteiger partial charge in [0.05, 0.1) is 4.90 Å². The number of amides is 1. The molecule has 2 atom stereocenters. The van der Waals surface area contributed by atoms with Crippen LogP contribution in [0.2, 0.25) is 0 Å². The SMILES string of the molecule is CS(=O)(=O)c1ccc(C(=O)NCC2CCC(Cl)C2)cc1. The number of alkyl halides is 1. The molecule has 110 valence electrons. The number of benzene rings is 1. The standard InChI is InChI=1S/C14H18ClNO3S/c1-20(18,19)13-6-3-11(4-7-13)14(17)16-9-10-2-5-12(15)8-10/h3-4,6-7,10,12H,2,5,8-9H2,1H3,(H,16,17). The van der Waals surface area contributed by atoms with Gasteiger partial charge in [-0.2, -0.15) is 0 Å². The minimum absolute atomic E-state index is 0.178. The van der Waals surface area contributed by atoms with Crippen molar-refractivity contribution in [1.82, 2.24) is 5.32 Å². The summed E-state index contributed by atoms with van der Waals surface area (Å²) < 4.78 is 22.7. The van der Waals surface area contributed by atoms with Gasteiger partial charge in [-0.1, -0.05) is 0 Å². The predicted molar refractivity (Wildman–Crippen MR) is 78.9 cm³/mol. The number of halogens is 1. The van der Waals surface area contributed by atoms with Crippen LogP contribution in [0.1, 0.15) is 29.6 Å². The van der Waals surface area contributed by atoms with Gasteiger partial charge in [0.25, 0.3) is 5.91 Å². The Bertz CT molecular complexity index is 583. The Labute approximate surface area is 124 Å². The maximum absolute atomic E-state index is 12.0. The molecule has 0 bridgehead atoms. The summed E-state index contributed by atoms with van der Waals surface area (Å²) in [5, 5.41) is 3.10. The maximum Gasteiger partial charge on any atom is 0.251 e. The molecule has 4 nitrogen and oxygen atoms in total. The third-order valence-corrected chi connectivity index (χ3v) is 5.10. The molecule has 1 amide bonds. The zero-order valence-electron chi connectivity index (χ0n) is 11.3. The van der Waals surface area contributed by atoms with Crippen LogP contribution in [0, 0.1) is 5.92 Å². The van der Waals surface area contributed by atoms with E-state index in [-0.39, 0.29) is 16.2 Å². The van der Waals surface area contributed by atoms with Crippen molar-refractivity contribution in [1.29, 1.82) is 0 Å². The van der Waals surface area contributed by atoms with Crippen molar-refractivity contribution < 1.29 is 13.2 Å². The van der Waals surface area contributed by atoms with Gasteiger partial charge in [0.2, 0.25) is 0 Å². The van der Waals surface area contributed by atoms with E-state index in [0.717, 1.165) is 25.5 Å². The van der Waals surface area contributed by atoms with Crippen LogP contribution in [0.4, 0.5) is 0 Å². The average Bonchev–Trinajstić information content (AvgIpc) is 2.81. The second-order valence-electron chi connectivity index (χ2n) is 5.28. The molecule has 2 unspecified atom stereocenters. The van der Waals surface area contributed by atoms with Crippen LogP contribution in [-0.2, 0) is 9.84 Å². The second kappa shape index (κ2) is 6.14. The predicted octanol–water partition coefficient (Wildman–Crippen LogP) is 2.23. The molecule has 0 aliphatic heterocycles. The molecule has 0 radical (unpaired) electrons. The number of carbonyl (C=O) groups is 1. The molecular weight excluding hydrogens is 298 g/mol. The normalized spacial score (nSPS) is 22.7. The van der Waals surface area contributed by atoms with Gasteiger partial charge in [-0.3, -0.25) is 4.79 Å². The molecule has 0 spiro atoms. The molecule has 0 aromatic heterocycles. The number of nitrogens with one attached hydrogen (secondary N) is 1. The highest BCUT2D eigenvalue weighted by atomic mass is 35.5. The van der Waals surface area contributed by atoms with Gasteiger partial charge in [-0.15, -0.1) is 11.6 Å². The molecule has 1 aromatic rings. The van der Waals surface area contributed by atoms with E-state index in [2.05, 4.69) is 5.32 Å². The van der Waals surface area contributed by atoms with Gasteiger partial charge >= 0.3 is 0 Å². The van der Waals surface area contributed by atoms with Crippen LogP contribution in [0.3, 0.4) is 0 Å². The maximum atomic E-state index is 12.0. The van der Waals surface area contributed by atoms with E-state index in [9.17, 15) is 13.2 Å². The van der Waals surface area contributed by atoms with Crippen molar-refractivity contribution >= 4 is 27.3 Å². The first kappa shape index (κ1) is 15.3. The van der Waals surface area contributed by atoms with Crippen LogP contribution in [-0.4, -0.2) is 32.5 Å². The largest absolute Gasteiger partial charge is 0.352 e. The molecule has 1 saturated carbocycles. The zero-order chi connectivity index (χ0) is 14.8. The lowest BCUT2D eigenvalue weighted by molar-refractivity contribution is 0.0947. The third-order valence-electron chi connectivity index (χ3n) is 3.57. The van der Waals surface area contributed by atoms with Gasteiger partial charge in [0, 0.05) is 23.7 Å². The third kappa shape index (κ3) is 3.96. The van der Waals surface area contributed by atoms with Gasteiger partial charge in [0.1, 0.15) is 0 Å². The van der Waals surface area contributed by atoms with E-state index in [0.29, 0.717) is 18.0 Å². The minimum Gasteiger partial charge on any atom is -0.352 e. The van der Waals surface area contributed by atoms with Gasteiger partial charge < -0.3 is 5.32 Å². The number of sulfone groups is 1. The van der Waals surface area contributed by atoms with E-state index in [4.69, 9.17) is 11.6 Å². The molecule has 1 N–H and O–H groups in total. The first-order chi connectivity index (χ1) is 9.36. The van der Waals surface area contributed by atoms with Crippen LogP contribution < -0.4 is 5.32 Å². The number of hydrogen-bond acceptors (Lipinski definition) is 3. The van der Waals surface area contributed by atoms with Gasteiger partial charge in [-0.05, 0) is 49.4 Å². The highest BCUT2D eigenvalue weighted by molar-refractivity contribution is 7.90. The Morgan fingerprint density at radius 2 is 1.95 bits per heavy atom. The molecule has 1 aliphatic rings. The van der Waals surface area contributed by atoms with Crippen molar-refractivity contribution in [2.45, 2.75) is 29.5 Å². The Balaban J connectivity index is 1.92. The minimum atomic E-state index is -3.22. The van der Waals surface area contributed by atoms with Crippen molar-refractivity contribution in [3.63, 3.8) is 0 Å². The van der Waals surface area contributed by atoms with Crippen LogP contribution >= 0.6 is 11.6 Å². The first-order valence-electron chi connectivity index (χ1n) is 6.58. The zero-order valence-corrected chi connectivity index (χ0v) is 12.9. The fourth-order valence-corrected chi connectivity index (χ4v) is 3.40. The summed E-state index contributed by atoms with van der Waals surface area (Å²) in [7, 11) is -3.22. The van der Waals surface area contributed by atoms with Crippen LogP contribution in [0.5, 0.6) is 0 Å². The molecule has 1 aliphatic carbocycles. The Hall–Kier alpha value is -1.07. The molecule has 0 saturated heterocycles. The van der Waals surface area contributed by atoms with Crippen molar-refractivity contribution in [2.75, 3.05) is 12.8 Å². The lowest BCUT2D eigenvalue weighted by Crippen LogP contribution is -2.28. The van der Waals surface area contributed by atoms with Crippen molar-refractivity contribution in [2.24, 2.45) is 5.92 Å². The Morgan fingerprint density at radius 3 is 2.45 bits per heavy atom. The monoisotopic (exact) mass is 315 g/mol. The molecule has 1 aromatic carbocycles. The molecule has 0 heterocycles. The quantitative estimate of drug-likeness (QED) is 0.867. The highest BCUT2D eigenvalue weighted by Gasteiger charge is 2.23. The molecular formula is C14H18ClNO3S.